The number of carbonyl (C=O) groups is 1. The molecule has 2 aromatic rings. The Morgan fingerprint density at radius 2 is 1.81 bits per heavy atom. The molecule has 0 saturated carbocycles. The van der Waals surface area contributed by atoms with E-state index < -0.39 is 27.8 Å². The third-order valence-electron chi connectivity index (χ3n) is 6.51. The molecule has 2 atom stereocenters. The molecule has 0 N–H and O–H groups in total. The van der Waals surface area contributed by atoms with E-state index >= 15 is 0 Å². The lowest BCUT2D eigenvalue weighted by Crippen LogP contribution is -2.61. The van der Waals surface area contributed by atoms with E-state index in [9.17, 15) is 13.6 Å². The minimum atomic E-state index is -2.44. The molecule has 3 heterocycles. The third kappa shape index (κ3) is 4.56. The maximum absolute atomic E-state index is 12.7. The number of anilines is 1. The normalized spacial score (nSPS) is 21.0. The fourth-order valence-electron chi connectivity index (χ4n) is 4.76. The Morgan fingerprint density at radius 1 is 1.12 bits per heavy atom. The van der Waals surface area contributed by atoms with Gasteiger partial charge in [-0.05, 0) is 53.2 Å². The van der Waals surface area contributed by atoms with Crippen molar-refractivity contribution in [3.05, 3.63) is 48.8 Å². The second kappa shape index (κ2) is 10.1. The van der Waals surface area contributed by atoms with E-state index in [1.54, 1.807) is 6.20 Å². The van der Waals surface area contributed by atoms with Crippen molar-refractivity contribution in [3.63, 3.8) is 0 Å². The van der Waals surface area contributed by atoms with Gasteiger partial charge in [-0.15, -0.1) is 0 Å². The van der Waals surface area contributed by atoms with Gasteiger partial charge in [0.25, 0.3) is 0 Å². The molecule has 0 amide bonds. The summed E-state index contributed by atoms with van der Waals surface area (Å²) in [6.07, 6.45) is 4.28. The Kier molecular flexibility index (Phi) is 7.20. The van der Waals surface area contributed by atoms with Crippen molar-refractivity contribution in [2.75, 3.05) is 51.4 Å². The van der Waals surface area contributed by atoms with Crippen molar-refractivity contribution >= 4 is 22.7 Å². The highest BCUT2D eigenvalue weighted by Gasteiger charge is 2.51. The van der Waals surface area contributed by atoms with E-state index in [1.807, 2.05) is 23.2 Å². The van der Waals surface area contributed by atoms with Crippen LogP contribution in [0.4, 0.5) is 5.69 Å². The van der Waals surface area contributed by atoms with Gasteiger partial charge < -0.3 is 18.9 Å². The van der Waals surface area contributed by atoms with E-state index in [-0.39, 0.29) is 0 Å². The summed E-state index contributed by atoms with van der Waals surface area (Å²) in [6, 6.07) is 12.2. The number of esters is 1. The fourth-order valence-corrected chi connectivity index (χ4v) is 5.91. The van der Waals surface area contributed by atoms with Crippen molar-refractivity contribution in [2.24, 2.45) is 5.41 Å². The van der Waals surface area contributed by atoms with Gasteiger partial charge in [0.2, 0.25) is 0 Å². The molecule has 1 aromatic carbocycles. The first-order valence-corrected chi connectivity index (χ1v) is 11.9. The molecule has 8 nitrogen and oxygen atoms in total. The van der Waals surface area contributed by atoms with Crippen LogP contribution in [0.25, 0.3) is 11.1 Å². The summed E-state index contributed by atoms with van der Waals surface area (Å²) in [5.41, 5.74) is 2.16. The minimum Gasteiger partial charge on any atom is -0.771 e. The maximum atomic E-state index is 12.7. The number of nitrogens with zero attached hydrogens (tertiary/aromatic N) is 3. The summed E-state index contributed by atoms with van der Waals surface area (Å²) < 4.78 is 35.1. The van der Waals surface area contributed by atoms with E-state index in [4.69, 9.17) is 9.47 Å². The first-order chi connectivity index (χ1) is 15.5. The largest absolute Gasteiger partial charge is 0.771 e. The summed E-state index contributed by atoms with van der Waals surface area (Å²) in [7, 11) is 1.32. The molecule has 4 rings (SSSR count). The van der Waals surface area contributed by atoms with Gasteiger partial charge in [-0.3, -0.25) is 18.9 Å². The van der Waals surface area contributed by atoms with Gasteiger partial charge in [0.15, 0.2) is 0 Å². The van der Waals surface area contributed by atoms with Crippen molar-refractivity contribution in [1.82, 2.24) is 9.88 Å². The maximum Gasteiger partial charge on any atom is 0.314 e. The van der Waals surface area contributed by atoms with E-state index in [0.717, 1.165) is 16.8 Å². The van der Waals surface area contributed by atoms with Crippen LogP contribution in [-0.2, 0) is 25.3 Å². The van der Waals surface area contributed by atoms with Gasteiger partial charge in [0, 0.05) is 57.5 Å². The van der Waals surface area contributed by atoms with Crippen molar-refractivity contribution in [2.45, 2.75) is 18.2 Å². The molecule has 2 aliphatic heterocycles. The van der Waals surface area contributed by atoms with Crippen LogP contribution in [0.2, 0.25) is 0 Å². The lowest BCUT2D eigenvalue weighted by atomic mass is 9.79. The first kappa shape index (κ1) is 22.8. The van der Waals surface area contributed by atoms with Gasteiger partial charge in [-0.2, -0.15) is 0 Å². The molecule has 2 fully saturated rings. The quantitative estimate of drug-likeness (QED) is 0.480. The number of piperazine rings is 1. The molecule has 0 aliphatic carbocycles. The average molecular weight is 459 g/mol. The van der Waals surface area contributed by atoms with E-state index in [1.165, 1.54) is 7.11 Å². The highest BCUT2D eigenvalue weighted by atomic mass is 32.2. The second-order valence-electron chi connectivity index (χ2n) is 8.18. The predicted octanol–water partition coefficient (Wildman–Crippen LogP) is 2.05. The zero-order valence-corrected chi connectivity index (χ0v) is 19.0. The number of hydrogen-bond acceptors (Lipinski definition) is 8. The zero-order valence-electron chi connectivity index (χ0n) is 18.1. The summed E-state index contributed by atoms with van der Waals surface area (Å²) in [5, 5.41) is -0.922. The Morgan fingerprint density at radius 3 is 2.38 bits per heavy atom. The number of methoxy groups -OCH3 is 1. The summed E-state index contributed by atoms with van der Waals surface area (Å²) in [4.78, 5) is 21.0. The molecule has 2 unspecified atom stereocenters. The number of rotatable bonds is 6. The average Bonchev–Trinajstić information content (AvgIpc) is 2.85. The molecule has 0 spiro atoms. The Bertz CT molecular complexity index is 926. The first-order valence-electron chi connectivity index (χ1n) is 10.8. The topological polar surface area (TPSA) is 95.0 Å². The lowest BCUT2D eigenvalue weighted by molar-refractivity contribution is -0.162. The molecule has 9 heteroatoms. The number of pyridine rings is 1. The van der Waals surface area contributed by atoms with Crippen LogP contribution in [0.3, 0.4) is 0 Å². The zero-order chi connectivity index (χ0) is 22.6. The molecule has 0 radical (unpaired) electrons. The van der Waals surface area contributed by atoms with Crippen molar-refractivity contribution < 1.29 is 23.0 Å². The molecule has 0 bridgehead atoms. The molecule has 2 aliphatic rings. The monoisotopic (exact) mass is 458 g/mol. The molecule has 1 aromatic heterocycles. The Hall–Kier alpha value is -2.33. The lowest BCUT2D eigenvalue weighted by Gasteiger charge is -2.49. The van der Waals surface area contributed by atoms with Crippen LogP contribution in [0.15, 0.2) is 48.8 Å². The SMILES string of the molecule is COC(=O)C1(C(N2CCN(c3ccc(-c4cccnc4)cc3)CC2)S(=O)[O-])CCOCC1. The van der Waals surface area contributed by atoms with E-state index in [0.29, 0.717) is 52.2 Å². The Balaban J connectivity index is 1.46. The highest BCUT2D eigenvalue weighted by Crippen LogP contribution is 2.40. The van der Waals surface area contributed by atoms with Crippen LogP contribution in [0.1, 0.15) is 12.8 Å². The van der Waals surface area contributed by atoms with Crippen LogP contribution in [0, 0.1) is 5.41 Å². The van der Waals surface area contributed by atoms with Crippen molar-refractivity contribution in [1.29, 1.82) is 0 Å². The minimum absolute atomic E-state index is 0.342. The number of benzene rings is 1. The molecule has 32 heavy (non-hydrogen) atoms. The third-order valence-corrected chi connectivity index (χ3v) is 7.62. The molecule has 172 valence electrons. The van der Waals surface area contributed by atoms with Crippen LogP contribution in [-0.4, -0.2) is 76.5 Å². The summed E-state index contributed by atoms with van der Waals surface area (Å²) in [6.45, 7) is 3.14. The number of aromatic nitrogens is 1. The molecular weight excluding hydrogens is 430 g/mol. The highest BCUT2D eigenvalue weighted by molar-refractivity contribution is 7.79. The predicted molar refractivity (Wildman–Crippen MR) is 121 cm³/mol. The summed E-state index contributed by atoms with van der Waals surface area (Å²) >= 11 is -2.44. The number of carbonyl (C=O) groups excluding carboxylic acids is 1. The van der Waals surface area contributed by atoms with Gasteiger partial charge in [0.1, 0.15) is 0 Å². The number of hydrogen-bond donors (Lipinski definition) is 0. The van der Waals surface area contributed by atoms with E-state index in [2.05, 4.69) is 34.1 Å². The molecule has 2 saturated heterocycles. The smallest absolute Gasteiger partial charge is 0.314 e. The van der Waals surface area contributed by atoms with Crippen LogP contribution >= 0.6 is 0 Å². The van der Waals surface area contributed by atoms with Crippen LogP contribution in [0.5, 0.6) is 0 Å². The fraction of sp³-hybridized carbons (Fsp3) is 0.478. The number of ether oxygens (including phenoxy) is 2. The van der Waals surface area contributed by atoms with Gasteiger partial charge in [-0.25, -0.2) is 0 Å². The van der Waals surface area contributed by atoms with Crippen molar-refractivity contribution in [3.8, 4) is 11.1 Å². The van der Waals surface area contributed by atoms with Crippen LogP contribution < -0.4 is 4.90 Å². The van der Waals surface area contributed by atoms with Gasteiger partial charge >= 0.3 is 5.97 Å². The summed E-state index contributed by atoms with van der Waals surface area (Å²) in [5.74, 6) is -0.469. The molecular formula is C23H28N3O5S-. The second-order valence-corrected chi connectivity index (χ2v) is 9.15. The van der Waals surface area contributed by atoms with Gasteiger partial charge in [0.05, 0.1) is 17.9 Å². The standard InChI is InChI=1S/C23H29N3O5S/c1-30-22(27)23(8-15-31-16-9-23)21(32(28)29)26-13-11-25(12-14-26)20-6-4-18(5-7-20)19-3-2-10-24-17-19/h2-7,10,17,21H,8-9,11-16H2,1H3,(H,28,29)/p-1. The van der Waals surface area contributed by atoms with Gasteiger partial charge in [-0.1, -0.05) is 18.2 Å². The Labute approximate surface area is 190 Å².